The number of likely N-dealkylation sites (tertiary alicyclic amines) is 1. The highest BCUT2D eigenvalue weighted by molar-refractivity contribution is 7.09. The van der Waals surface area contributed by atoms with Crippen LogP contribution in [0.25, 0.3) is 0 Å². The molecule has 0 N–H and O–H groups in total. The lowest BCUT2D eigenvalue weighted by atomic mass is 9.94. The maximum Gasteiger partial charge on any atom is 0.264 e. The van der Waals surface area contributed by atoms with Gasteiger partial charge < -0.3 is 9.64 Å². The van der Waals surface area contributed by atoms with Crippen LogP contribution in [0.4, 0.5) is 0 Å². The number of piperidine rings is 1. The molecule has 0 bridgehead atoms. The molecule has 3 heterocycles. The molecule has 0 saturated carbocycles. The van der Waals surface area contributed by atoms with Crippen LogP contribution in [0.15, 0.2) is 29.6 Å². The Morgan fingerprint density at radius 2 is 2.21 bits per heavy atom. The largest absolute Gasteiger partial charge is 0.480 e. The molecule has 1 amide bonds. The summed E-state index contributed by atoms with van der Waals surface area (Å²) in [6.07, 6.45) is 1.75. The first-order valence-corrected chi connectivity index (χ1v) is 9.48. The van der Waals surface area contributed by atoms with Crippen LogP contribution in [-0.4, -0.2) is 35.0 Å². The van der Waals surface area contributed by atoms with Gasteiger partial charge in [-0.05, 0) is 25.8 Å². The number of nitrogens with zero attached hydrogens (tertiary/aromatic N) is 2. The monoisotopic (exact) mass is 342 g/mol. The predicted octanol–water partition coefficient (Wildman–Crippen LogP) is 3.72. The van der Waals surface area contributed by atoms with Crippen LogP contribution in [-0.2, 0) is 4.79 Å². The first-order valence-electron chi connectivity index (χ1n) is 8.60. The van der Waals surface area contributed by atoms with E-state index in [9.17, 15) is 4.79 Å². The maximum atomic E-state index is 13.0. The lowest BCUT2D eigenvalue weighted by Gasteiger charge is -2.34. The number of carbonyl (C=O) groups excluding carboxylic acids is 1. The molecule has 5 heteroatoms. The Labute approximate surface area is 146 Å². The number of rotatable bonds is 2. The van der Waals surface area contributed by atoms with E-state index in [-0.39, 0.29) is 17.9 Å². The van der Waals surface area contributed by atoms with E-state index in [0.29, 0.717) is 5.92 Å². The second-order valence-electron chi connectivity index (χ2n) is 6.82. The normalized spacial score (nSPS) is 26.1. The van der Waals surface area contributed by atoms with E-state index in [1.54, 1.807) is 11.3 Å². The standard InChI is InChI=1S/C19H22N2O2S/c1-12-11-24-18(20-12)14-6-5-9-21(10-14)19(22)17-13(2)15-7-3-4-8-16(15)23-17/h3-4,7-8,11,13-14,17H,5-6,9-10H2,1-2H3. The van der Waals surface area contributed by atoms with Gasteiger partial charge in [-0.15, -0.1) is 11.3 Å². The molecular formula is C19H22N2O2S. The van der Waals surface area contributed by atoms with Crippen LogP contribution in [0, 0.1) is 6.92 Å². The number of benzene rings is 1. The summed E-state index contributed by atoms with van der Waals surface area (Å²) in [5.41, 5.74) is 2.21. The van der Waals surface area contributed by atoms with Gasteiger partial charge in [-0.3, -0.25) is 4.79 Å². The van der Waals surface area contributed by atoms with Crippen LogP contribution in [0.5, 0.6) is 5.75 Å². The van der Waals surface area contributed by atoms with Gasteiger partial charge in [0.2, 0.25) is 0 Å². The first-order chi connectivity index (χ1) is 11.6. The molecule has 126 valence electrons. The third-order valence-electron chi connectivity index (χ3n) is 5.08. The molecular weight excluding hydrogens is 320 g/mol. The summed E-state index contributed by atoms with van der Waals surface area (Å²) in [5.74, 6) is 1.45. The van der Waals surface area contributed by atoms with Crippen molar-refractivity contribution >= 4 is 17.2 Å². The third kappa shape index (κ3) is 2.71. The van der Waals surface area contributed by atoms with Crippen LogP contribution < -0.4 is 4.74 Å². The van der Waals surface area contributed by atoms with E-state index in [1.165, 1.54) is 0 Å². The van der Waals surface area contributed by atoms with Gasteiger partial charge in [0.25, 0.3) is 5.91 Å². The van der Waals surface area contributed by atoms with Crippen LogP contribution in [0.1, 0.15) is 47.9 Å². The van der Waals surface area contributed by atoms with Gasteiger partial charge in [-0.1, -0.05) is 25.1 Å². The quantitative estimate of drug-likeness (QED) is 0.835. The Kier molecular flexibility index (Phi) is 4.04. The second kappa shape index (κ2) is 6.20. The molecule has 4 nitrogen and oxygen atoms in total. The number of hydrogen-bond acceptors (Lipinski definition) is 4. The minimum absolute atomic E-state index is 0.108. The lowest BCUT2D eigenvalue weighted by molar-refractivity contribution is -0.139. The molecule has 1 fully saturated rings. The number of hydrogen-bond donors (Lipinski definition) is 0. The fourth-order valence-electron chi connectivity index (χ4n) is 3.75. The highest BCUT2D eigenvalue weighted by Crippen LogP contribution is 2.39. The minimum atomic E-state index is -0.390. The summed E-state index contributed by atoms with van der Waals surface area (Å²) in [6, 6.07) is 7.98. The molecule has 1 saturated heterocycles. The van der Waals surface area contributed by atoms with E-state index in [2.05, 4.69) is 23.4 Å². The molecule has 2 aliphatic heterocycles. The predicted molar refractivity (Wildman–Crippen MR) is 94.7 cm³/mol. The van der Waals surface area contributed by atoms with Crippen LogP contribution >= 0.6 is 11.3 Å². The van der Waals surface area contributed by atoms with E-state index < -0.39 is 0 Å². The molecule has 3 unspecified atom stereocenters. The zero-order chi connectivity index (χ0) is 16.7. The topological polar surface area (TPSA) is 42.4 Å². The average molecular weight is 342 g/mol. The summed E-state index contributed by atoms with van der Waals surface area (Å²) in [4.78, 5) is 19.7. The van der Waals surface area contributed by atoms with Gasteiger partial charge in [0.05, 0.1) is 5.01 Å². The summed E-state index contributed by atoms with van der Waals surface area (Å²) >= 11 is 1.71. The number of aromatic nitrogens is 1. The van der Waals surface area contributed by atoms with Crippen LogP contribution in [0.2, 0.25) is 0 Å². The van der Waals surface area contributed by atoms with Crippen molar-refractivity contribution < 1.29 is 9.53 Å². The molecule has 1 aromatic carbocycles. The molecule has 2 aromatic rings. The number of para-hydroxylation sites is 1. The molecule has 1 aromatic heterocycles. The van der Waals surface area contributed by atoms with E-state index >= 15 is 0 Å². The number of ether oxygens (including phenoxy) is 1. The van der Waals surface area contributed by atoms with Crippen molar-refractivity contribution in [3.63, 3.8) is 0 Å². The smallest absolute Gasteiger partial charge is 0.264 e. The van der Waals surface area contributed by atoms with E-state index in [0.717, 1.165) is 47.9 Å². The minimum Gasteiger partial charge on any atom is -0.480 e. The first kappa shape index (κ1) is 15.6. The molecule has 0 aliphatic carbocycles. The summed E-state index contributed by atoms with van der Waals surface area (Å²) in [5, 5.41) is 3.25. The van der Waals surface area contributed by atoms with Gasteiger partial charge in [-0.2, -0.15) is 0 Å². The Bertz CT molecular complexity index is 757. The number of aryl methyl sites for hydroxylation is 1. The zero-order valence-electron chi connectivity index (χ0n) is 14.1. The summed E-state index contributed by atoms with van der Waals surface area (Å²) in [6.45, 7) is 5.69. The SMILES string of the molecule is Cc1csc(C2CCCN(C(=O)C3Oc4ccccc4C3C)C2)n1. The average Bonchev–Trinajstić information content (AvgIpc) is 3.19. The summed E-state index contributed by atoms with van der Waals surface area (Å²) < 4.78 is 5.98. The molecule has 0 spiro atoms. The molecule has 2 aliphatic rings. The number of amides is 1. The van der Waals surface area contributed by atoms with Gasteiger partial charge >= 0.3 is 0 Å². The van der Waals surface area contributed by atoms with Crippen molar-refractivity contribution in [2.24, 2.45) is 0 Å². The Hall–Kier alpha value is -1.88. The Morgan fingerprint density at radius 3 is 2.96 bits per heavy atom. The van der Waals surface area contributed by atoms with Gasteiger partial charge in [0, 0.05) is 41.6 Å². The Morgan fingerprint density at radius 1 is 1.38 bits per heavy atom. The van der Waals surface area contributed by atoms with E-state index in [1.807, 2.05) is 30.0 Å². The van der Waals surface area contributed by atoms with Gasteiger partial charge in [0.1, 0.15) is 5.75 Å². The fraction of sp³-hybridized carbons (Fsp3) is 0.474. The number of fused-ring (bicyclic) bond motifs is 1. The molecule has 0 radical (unpaired) electrons. The van der Waals surface area contributed by atoms with Gasteiger partial charge in [-0.25, -0.2) is 4.98 Å². The lowest BCUT2D eigenvalue weighted by Crippen LogP contribution is -2.46. The van der Waals surface area contributed by atoms with Crippen molar-refractivity contribution in [2.75, 3.05) is 13.1 Å². The van der Waals surface area contributed by atoms with E-state index in [4.69, 9.17) is 4.74 Å². The molecule has 24 heavy (non-hydrogen) atoms. The number of thiazole rings is 1. The molecule has 3 atom stereocenters. The fourth-order valence-corrected chi connectivity index (χ4v) is 4.67. The third-order valence-corrected chi connectivity index (χ3v) is 6.21. The maximum absolute atomic E-state index is 13.0. The highest BCUT2D eigenvalue weighted by atomic mass is 32.1. The van der Waals surface area contributed by atoms with Crippen molar-refractivity contribution in [3.05, 3.63) is 45.9 Å². The second-order valence-corrected chi connectivity index (χ2v) is 7.71. The van der Waals surface area contributed by atoms with Crippen LogP contribution in [0.3, 0.4) is 0 Å². The van der Waals surface area contributed by atoms with Crippen molar-refractivity contribution in [2.45, 2.75) is 44.6 Å². The number of carbonyl (C=O) groups is 1. The highest BCUT2D eigenvalue weighted by Gasteiger charge is 2.39. The van der Waals surface area contributed by atoms with Crippen molar-refractivity contribution in [1.82, 2.24) is 9.88 Å². The van der Waals surface area contributed by atoms with Crippen molar-refractivity contribution in [1.29, 1.82) is 0 Å². The summed E-state index contributed by atoms with van der Waals surface area (Å²) in [7, 11) is 0. The zero-order valence-corrected chi connectivity index (χ0v) is 14.9. The molecule has 4 rings (SSSR count). The van der Waals surface area contributed by atoms with Crippen molar-refractivity contribution in [3.8, 4) is 5.75 Å². The van der Waals surface area contributed by atoms with Gasteiger partial charge in [0.15, 0.2) is 6.10 Å². The Balaban J connectivity index is 1.49.